The second-order valence-electron chi connectivity index (χ2n) is 7.51. The van der Waals surface area contributed by atoms with E-state index < -0.39 is 59.8 Å². The number of hydrogen-bond donors (Lipinski definition) is 4. The summed E-state index contributed by atoms with van der Waals surface area (Å²) < 4.78 is 36.9. The lowest BCUT2D eigenvalue weighted by Gasteiger charge is -2.35. The number of nitrogens with one attached hydrogen (secondary N) is 1. The summed E-state index contributed by atoms with van der Waals surface area (Å²) in [5.41, 5.74) is 10.0. The molecule has 0 bridgehead atoms. The fraction of sp³-hybridized carbons (Fsp3) is 0.381. The van der Waals surface area contributed by atoms with Crippen LogP contribution in [-0.2, 0) is 35.1 Å². The van der Waals surface area contributed by atoms with Gasteiger partial charge in [0.05, 0.1) is 6.54 Å². The number of benzene rings is 1. The number of carboxylic acid groups (broad SMARTS) is 2. The van der Waals surface area contributed by atoms with Crippen molar-refractivity contribution < 1.29 is 57.8 Å². The van der Waals surface area contributed by atoms with Crippen molar-refractivity contribution in [3.8, 4) is 0 Å². The van der Waals surface area contributed by atoms with Gasteiger partial charge in [0, 0.05) is 19.5 Å². The first-order valence-electron chi connectivity index (χ1n) is 10.2. The Bertz CT molecular complexity index is 1000. The fourth-order valence-electron chi connectivity index (χ4n) is 3.06. The zero-order valence-electron chi connectivity index (χ0n) is 19.0. The van der Waals surface area contributed by atoms with Crippen LogP contribution in [0.15, 0.2) is 42.2 Å². The predicted molar refractivity (Wildman–Crippen MR) is 112 cm³/mol. The Morgan fingerprint density at radius 2 is 1.75 bits per heavy atom. The average molecular weight is 518 g/mol. The molecule has 3 amide bonds. The molecule has 1 aliphatic rings. The second kappa shape index (κ2) is 13.1. The van der Waals surface area contributed by atoms with E-state index in [9.17, 15) is 37.5 Å². The summed E-state index contributed by atoms with van der Waals surface area (Å²) in [6.07, 6.45) is -4.87. The third-order valence-electron chi connectivity index (χ3n) is 4.63. The molecule has 1 aliphatic heterocycles. The largest absolute Gasteiger partial charge is 0.542 e. The summed E-state index contributed by atoms with van der Waals surface area (Å²) in [5, 5.41) is 20.6. The van der Waals surface area contributed by atoms with Gasteiger partial charge in [-0.2, -0.15) is 13.2 Å². The van der Waals surface area contributed by atoms with E-state index >= 15 is 0 Å². The van der Waals surface area contributed by atoms with Gasteiger partial charge in [-0.15, -0.1) is 0 Å². The molecule has 0 saturated heterocycles. The number of nitrogens with two attached hydrogens (primary N) is 1. The molecule has 198 valence electrons. The molecule has 0 radical (unpaired) electrons. The number of hydrogen-bond acceptors (Lipinski definition) is 7. The molecule has 12 nitrogen and oxygen atoms in total. The van der Waals surface area contributed by atoms with Gasteiger partial charge < -0.3 is 41.4 Å². The van der Waals surface area contributed by atoms with Crippen LogP contribution in [0, 0.1) is 0 Å². The number of rotatable bonds is 8. The predicted octanol–water partition coefficient (Wildman–Crippen LogP) is -2.68. The third kappa shape index (κ3) is 9.61. The van der Waals surface area contributed by atoms with Crippen molar-refractivity contribution in [2.75, 3.05) is 13.1 Å². The lowest BCUT2D eigenvalue weighted by molar-refractivity contribution is -0.414. The summed E-state index contributed by atoms with van der Waals surface area (Å²) in [6, 6.07) is 7.70. The molecule has 0 unspecified atom stereocenters. The number of alkyl halides is 3. The average Bonchev–Trinajstić information content (AvgIpc) is 2.77. The first kappa shape index (κ1) is 29.9. The van der Waals surface area contributed by atoms with Gasteiger partial charge in [-0.3, -0.25) is 14.4 Å². The molecule has 15 heteroatoms. The second-order valence-corrected chi connectivity index (χ2v) is 7.51. The summed E-state index contributed by atoms with van der Waals surface area (Å²) >= 11 is 0. The van der Waals surface area contributed by atoms with E-state index in [4.69, 9.17) is 20.4 Å². The summed E-state index contributed by atoms with van der Waals surface area (Å²) in [6.45, 7) is 1.06. The van der Waals surface area contributed by atoms with Crippen molar-refractivity contribution in [3.63, 3.8) is 0 Å². The van der Waals surface area contributed by atoms with Crippen LogP contribution in [0.5, 0.6) is 0 Å². The SMILES string of the molecule is CC(=O)N[C@@H]1[C@@H]([NH3+])C=C(C(=O)O)O[C@H]1C(=O)N(CCc1ccccc1)CC(N)=O.O=C([O-])C(F)(F)F. The highest BCUT2D eigenvalue weighted by Gasteiger charge is 2.44. The van der Waals surface area contributed by atoms with Gasteiger partial charge in [0.25, 0.3) is 5.91 Å². The highest BCUT2D eigenvalue weighted by Crippen LogP contribution is 2.19. The number of nitrogens with zero attached hydrogens (tertiary/aromatic N) is 1. The Morgan fingerprint density at radius 3 is 2.19 bits per heavy atom. The van der Waals surface area contributed by atoms with Gasteiger partial charge in [0.2, 0.25) is 23.7 Å². The number of ether oxygens (including phenoxy) is 1. The van der Waals surface area contributed by atoms with Crippen LogP contribution in [-0.4, -0.2) is 77.1 Å². The number of carbonyl (C=O) groups excluding carboxylic acids is 4. The van der Waals surface area contributed by atoms with Crippen molar-refractivity contribution >= 4 is 29.7 Å². The Morgan fingerprint density at radius 1 is 1.19 bits per heavy atom. The minimum absolute atomic E-state index is 0.159. The zero-order chi connectivity index (χ0) is 27.6. The number of carbonyl (C=O) groups is 5. The highest BCUT2D eigenvalue weighted by atomic mass is 19.4. The zero-order valence-corrected chi connectivity index (χ0v) is 19.0. The molecule has 1 aromatic rings. The van der Waals surface area contributed by atoms with Gasteiger partial charge >= 0.3 is 12.1 Å². The van der Waals surface area contributed by atoms with Crippen molar-refractivity contribution in [1.29, 1.82) is 0 Å². The molecular weight excluding hydrogens is 493 g/mol. The molecular formula is C21H25F3N4O8. The minimum atomic E-state index is -5.19. The number of aliphatic carboxylic acids is 2. The Balaban J connectivity index is 0.000000809. The fourth-order valence-corrected chi connectivity index (χ4v) is 3.06. The van der Waals surface area contributed by atoms with Crippen LogP contribution in [0.1, 0.15) is 12.5 Å². The molecule has 0 spiro atoms. The first-order chi connectivity index (χ1) is 16.6. The van der Waals surface area contributed by atoms with Gasteiger partial charge in [-0.25, -0.2) is 4.79 Å². The molecule has 7 N–H and O–H groups in total. The Kier molecular flexibility index (Phi) is 10.9. The smallest absolute Gasteiger partial charge is 0.430 e. The van der Waals surface area contributed by atoms with Crippen LogP contribution in [0.2, 0.25) is 0 Å². The quantitative estimate of drug-likeness (QED) is 0.285. The molecule has 1 aromatic carbocycles. The molecule has 1 heterocycles. The lowest BCUT2D eigenvalue weighted by Crippen LogP contribution is -2.74. The molecule has 0 fully saturated rings. The molecule has 0 saturated carbocycles. The van der Waals surface area contributed by atoms with E-state index in [-0.39, 0.29) is 13.1 Å². The maximum atomic E-state index is 13.2. The number of amides is 3. The van der Waals surface area contributed by atoms with Crippen molar-refractivity contribution in [2.45, 2.75) is 37.7 Å². The lowest BCUT2D eigenvalue weighted by atomic mass is 9.97. The molecule has 36 heavy (non-hydrogen) atoms. The van der Waals surface area contributed by atoms with E-state index in [1.807, 2.05) is 30.3 Å². The van der Waals surface area contributed by atoms with E-state index in [1.165, 1.54) is 17.9 Å². The molecule has 2 rings (SSSR count). The monoisotopic (exact) mass is 518 g/mol. The van der Waals surface area contributed by atoms with Crippen LogP contribution in [0.25, 0.3) is 0 Å². The van der Waals surface area contributed by atoms with Gasteiger partial charge in [0.1, 0.15) is 18.1 Å². The Labute approximate surface area is 202 Å². The first-order valence-corrected chi connectivity index (χ1v) is 10.2. The van der Waals surface area contributed by atoms with Gasteiger partial charge in [-0.05, 0) is 12.0 Å². The van der Waals surface area contributed by atoms with Crippen LogP contribution < -0.4 is 21.9 Å². The van der Waals surface area contributed by atoms with E-state index in [0.29, 0.717) is 6.42 Å². The summed E-state index contributed by atoms with van der Waals surface area (Å²) in [5.74, 6) is -6.61. The number of primary amides is 1. The van der Waals surface area contributed by atoms with Crippen LogP contribution >= 0.6 is 0 Å². The number of carboxylic acids is 2. The summed E-state index contributed by atoms with van der Waals surface area (Å²) in [4.78, 5) is 57.6. The van der Waals surface area contributed by atoms with Crippen molar-refractivity contribution in [1.82, 2.24) is 10.2 Å². The summed E-state index contributed by atoms with van der Waals surface area (Å²) in [7, 11) is 0. The van der Waals surface area contributed by atoms with E-state index in [1.54, 1.807) is 0 Å². The molecule has 3 atom stereocenters. The van der Waals surface area contributed by atoms with Crippen molar-refractivity contribution in [2.24, 2.45) is 5.73 Å². The van der Waals surface area contributed by atoms with Crippen LogP contribution in [0.3, 0.4) is 0 Å². The third-order valence-corrected chi connectivity index (χ3v) is 4.63. The van der Waals surface area contributed by atoms with E-state index in [2.05, 4.69) is 11.1 Å². The standard InChI is InChI=1S/C19H24N4O6.C2HF3O2/c1-11(24)22-16-13(20)9-14(19(27)28)29-17(16)18(26)23(10-15(21)25)8-7-12-5-3-2-4-6-12;3-2(4,5)1(6)7/h2-6,9,13,16-17H,7-8,10,20H2,1H3,(H2,21,25)(H,22,24)(H,27,28);(H,6,7)/t13-,16+,17+;/m0./s1. The minimum Gasteiger partial charge on any atom is -0.542 e. The number of quaternary nitrogens is 1. The molecule has 0 aromatic heterocycles. The topological polar surface area (TPSA) is 207 Å². The normalized spacial score (nSPS) is 18.9. The maximum Gasteiger partial charge on any atom is 0.430 e. The van der Waals surface area contributed by atoms with Gasteiger partial charge in [0.15, 0.2) is 0 Å². The number of halogens is 3. The highest BCUT2D eigenvalue weighted by molar-refractivity contribution is 5.90. The molecule has 0 aliphatic carbocycles. The van der Waals surface area contributed by atoms with Crippen molar-refractivity contribution in [3.05, 3.63) is 47.7 Å². The Hall–Kier alpha value is -4.14. The maximum absolute atomic E-state index is 13.2. The van der Waals surface area contributed by atoms with Crippen LogP contribution in [0.4, 0.5) is 13.2 Å². The van der Waals surface area contributed by atoms with Gasteiger partial charge in [-0.1, -0.05) is 30.3 Å². The van der Waals surface area contributed by atoms with E-state index in [0.717, 1.165) is 5.56 Å².